The maximum Gasteiger partial charge on any atom is 0.231 e. The van der Waals surface area contributed by atoms with Gasteiger partial charge in [-0.3, -0.25) is 9.69 Å². The molecule has 0 unspecified atom stereocenters. The molecular weight excluding hydrogens is 216 g/mol. The highest BCUT2D eigenvalue weighted by Crippen LogP contribution is 2.06. The van der Waals surface area contributed by atoms with E-state index in [1.807, 2.05) is 11.0 Å². The molecule has 0 saturated heterocycles. The Kier molecular flexibility index (Phi) is 5.42. The number of rotatable bonds is 7. The van der Waals surface area contributed by atoms with E-state index in [0.29, 0.717) is 12.4 Å². The number of nitrogens with two attached hydrogens (primary N) is 2. The summed E-state index contributed by atoms with van der Waals surface area (Å²) in [4.78, 5) is 17.0. The van der Waals surface area contributed by atoms with Crippen molar-refractivity contribution in [2.24, 2.45) is 5.73 Å². The molecule has 5 nitrogen and oxygen atoms in total. The highest BCUT2D eigenvalue weighted by Gasteiger charge is 2.08. The van der Waals surface area contributed by atoms with Gasteiger partial charge in [0.05, 0.1) is 6.54 Å². The van der Waals surface area contributed by atoms with E-state index >= 15 is 0 Å². The van der Waals surface area contributed by atoms with Crippen molar-refractivity contribution in [2.45, 2.75) is 26.3 Å². The van der Waals surface area contributed by atoms with E-state index in [-0.39, 0.29) is 12.5 Å². The number of pyridine rings is 1. The van der Waals surface area contributed by atoms with Gasteiger partial charge in [-0.25, -0.2) is 4.98 Å². The fourth-order valence-electron chi connectivity index (χ4n) is 1.60. The summed E-state index contributed by atoms with van der Waals surface area (Å²) >= 11 is 0. The van der Waals surface area contributed by atoms with Gasteiger partial charge in [0, 0.05) is 12.7 Å². The van der Waals surface area contributed by atoms with E-state index in [2.05, 4.69) is 11.9 Å². The molecule has 1 heterocycles. The summed E-state index contributed by atoms with van der Waals surface area (Å²) in [6.45, 7) is 3.94. The van der Waals surface area contributed by atoms with Crippen LogP contribution in [0, 0.1) is 0 Å². The van der Waals surface area contributed by atoms with Crippen LogP contribution in [-0.4, -0.2) is 28.9 Å². The SMILES string of the molecule is CCCCN(CC(N)=O)Cc1ccc(N)nc1. The smallest absolute Gasteiger partial charge is 0.231 e. The van der Waals surface area contributed by atoms with Gasteiger partial charge in [-0.15, -0.1) is 0 Å². The molecule has 0 aromatic carbocycles. The van der Waals surface area contributed by atoms with Gasteiger partial charge in [-0.05, 0) is 24.6 Å². The molecule has 1 aromatic heterocycles. The van der Waals surface area contributed by atoms with E-state index in [1.54, 1.807) is 12.3 Å². The first-order chi connectivity index (χ1) is 8.11. The van der Waals surface area contributed by atoms with Gasteiger partial charge in [-0.2, -0.15) is 0 Å². The molecule has 0 spiro atoms. The van der Waals surface area contributed by atoms with Crippen molar-refractivity contribution >= 4 is 11.7 Å². The normalized spacial score (nSPS) is 10.7. The second kappa shape index (κ2) is 6.85. The van der Waals surface area contributed by atoms with Crippen LogP contribution in [0.3, 0.4) is 0 Å². The number of aromatic nitrogens is 1. The van der Waals surface area contributed by atoms with E-state index in [4.69, 9.17) is 11.5 Å². The Hall–Kier alpha value is -1.62. The summed E-state index contributed by atoms with van der Waals surface area (Å²) < 4.78 is 0. The first-order valence-electron chi connectivity index (χ1n) is 5.83. The highest BCUT2D eigenvalue weighted by atomic mass is 16.1. The van der Waals surface area contributed by atoms with Gasteiger partial charge in [0.25, 0.3) is 0 Å². The number of primary amides is 1. The molecule has 0 fully saturated rings. The first-order valence-corrected chi connectivity index (χ1v) is 5.83. The number of carbonyl (C=O) groups excluding carboxylic acids is 1. The third-order valence-electron chi connectivity index (χ3n) is 2.46. The Morgan fingerprint density at radius 3 is 2.76 bits per heavy atom. The monoisotopic (exact) mass is 236 g/mol. The maximum absolute atomic E-state index is 11.0. The largest absolute Gasteiger partial charge is 0.384 e. The van der Waals surface area contributed by atoms with Crippen molar-refractivity contribution in [3.63, 3.8) is 0 Å². The molecule has 0 aliphatic heterocycles. The van der Waals surface area contributed by atoms with Crippen LogP contribution in [0.1, 0.15) is 25.3 Å². The Morgan fingerprint density at radius 1 is 1.47 bits per heavy atom. The average molecular weight is 236 g/mol. The predicted molar refractivity (Wildman–Crippen MR) is 68.0 cm³/mol. The third-order valence-corrected chi connectivity index (χ3v) is 2.46. The van der Waals surface area contributed by atoms with Crippen molar-refractivity contribution in [2.75, 3.05) is 18.8 Å². The minimum Gasteiger partial charge on any atom is -0.384 e. The average Bonchev–Trinajstić information content (AvgIpc) is 2.28. The van der Waals surface area contributed by atoms with E-state index in [1.165, 1.54) is 0 Å². The van der Waals surface area contributed by atoms with E-state index < -0.39 is 0 Å². The molecular formula is C12H20N4O. The summed E-state index contributed by atoms with van der Waals surface area (Å²) in [6, 6.07) is 3.68. The summed E-state index contributed by atoms with van der Waals surface area (Å²) in [5.41, 5.74) is 11.8. The van der Waals surface area contributed by atoms with Crippen LogP contribution < -0.4 is 11.5 Å². The Morgan fingerprint density at radius 2 is 2.24 bits per heavy atom. The molecule has 0 aliphatic rings. The van der Waals surface area contributed by atoms with Gasteiger partial charge < -0.3 is 11.5 Å². The second-order valence-corrected chi connectivity index (χ2v) is 4.12. The van der Waals surface area contributed by atoms with Gasteiger partial charge in [0.2, 0.25) is 5.91 Å². The van der Waals surface area contributed by atoms with Gasteiger partial charge in [0.1, 0.15) is 5.82 Å². The van der Waals surface area contributed by atoms with Crippen LogP contribution in [0.2, 0.25) is 0 Å². The van der Waals surface area contributed by atoms with Crippen molar-refractivity contribution < 1.29 is 4.79 Å². The van der Waals surface area contributed by atoms with Crippen LogP contribution in [0.4, 0.5) is 5.82 Å². The molecule has 0 aliphatic carbocycles. The van der Waals surface area contributed by atoms with Crippen LogP contribution in [-0.2, 0) is 11.3 Å². The minimum absolute atomic E-state index is 0.282. The number of carbonyl (C=O) groups is 1. The lowest BCUT2D eigenvalue weighted by Gasteiger charge is -2.20. The van der Waals surface area contributed by atoms with Crippen molar-refractivity contribution in [3.8, 4) is 0 Å². The number of anilines is 1. The lowest BCUT2D eigenvalue weighted by molar-refractivity contribution is -0.119. The fourth-order valence-corrected chi connectivity index (χ4v) is 1.60. The Bertz CT molecular complexity index is 350. The summed E-state index contributed by atoms with van der Waals surface area (Å²) in [5.74, 6) is 0.202. The lowest BCUT2D eigenvalue weighted by atomic mass is 10.2. The van der Waals surface area contributed by atoms with Gasteiger partial charge in [-0.1, -0.05) is 19.4 Å². The highest BCUT2D eigenvalue weighted by molar-refractivity contribution is 5.75. The first kappa shape index (κ1) is 13.4. The summed E-state index contributed by atoms with van der Waals surface area (Å²) in [6.07, 6.45) is 3.88. The molecule has 5 heteroatoms. The minimum atomic E-state index is -0.301. The number of nitrogen functional groups attached to an aromatic ring is 1. The molecule has 1 rings (SSSR count). The standard InChI is InChI=1S/C12H20N4O/c1-2-3-6-16(9-12(14)17)8-10-4-5-11(13)15-7-10/h4-5,7H,2-3,6,8-9H2,1H3,(H2,13,15)(H2,14,17). The topological polar surface area (TPSA) is 85.2 Å². The molecule has 1 aromatic rings. The number of nitrogens with zero attached hydrogens (tertiary/aromatic N) is 2. The predicted octanol–water partition coefficient (Wildman–Crippen LogP) is 0.751. The van der Waals surface area contributed by atoms with Gasteiger partial charge in [0.15, 0.2) is 0 Å². The molecule has 1 amide bonds. The second-order valence-electron chi connectivity index (χ2n) is 4.12. The number of amides is 1. The van der Waals surface area contributed by atoms with Crippen molar-refractivity contribution in [1.29, 1.82) is 0 Å². The number of unbranched alkanes of at least 4 members (excludes halogenated alkanes) is 1. The number of hydrogen-bond acceptors (Lipinski definition) is 4. The Balaban J connectivity index is 2.57. The molecule has 0 radical (unpaired) electrons. The zero-order valence-electron chi connectivity index (χ0n) is 10.2. The summed E-state index contributed by atoms with van der Waals surface area (Å²) in [5, 5.41) is 0. The summed E-state index contributed by atoms with van der Waals surface area (Å²) in [7, 11) is 0. The van der Waals surface area contributed by atoms with E-state index in [0.717, 1.165) is 24.9 Å². The lowest BCUT2D eigenvalue weighted by Crippen LogP contribution is -2.34. The molecule has 0 saturated carbocycles. The number of hydrogen-bond donors (Lipinski definition) is 2. The maximum atomic E-state index is 11.0. The van der Waals surface area contributed by atoms with Crippen molar-refractivity contribution in [3.05, 3.63) is 23.9 Å². The zero-order chi connectivity index (χ0) is 12.7. The molecule has 94 valence electrons. The molecule has 17 heavy (non-hydrogen) atoms. The van der Waals surface area contributed by atoms with Crippen LogP contribution in [0.25, 0.3) is 0 Å². The van der Waals surface area contributed by atoms with Gasteiger partial charge >= 0.3 is 0 Å². The van der Waals surface area contributed by atoms with Crippen LogP contribution in [0.15, 0.2) is 18.3 Å². The molecule has 0 atom stereocenters. The Labute approximate surface area is 102 Å². The molecule has 4 N–H and O–H groups in total. The molecule has 0 bridgehead atoms. The van der Waals surface area contributed by atoms with E-state index in [9.17, 15) is 4.79 Å². The third kappa shape index (κ3) is 5.31. The van der Waals surface area contributed by atoms with Crippen molar-refractivity contribution in [1.82, 2.24) is 9.88 Å². The zero-order valence-corrected chi connectivity index (χ0v) is 10.2. The fraction of sp³-hybridized carbons (Fsp3) is 0.500. The quantitative estimate of drug-likeness (QED) is 0.731. The van der Waals surface area contributed by atoms with Crippen LogP contribution >= 0.6 is 0 Å². The van der Waals surface area contributed by atoms with Crippen LogP contribution in [0.5, 0.6) is 0 Å².